The van der Waals surface area contributed by atoms with Crippen LogP contribution in [0.5, 0.6) is 0 Å². The maximum atomic E-state index is 12.9. The van der Waals surface area contributed by atoms with Crippen molar-refractivity contribution in [3.8, 4) is 11.3 Å². The second kappa shape index (κ2) is 8.41. The third-order valence-corrected chi connectivity index (χ3v) is 4.47. The minimum absolute atomic E-state index is 0. The summed E-state index contributed by atoms with van der Waals surface area (Å²) in [6.07, 6.45) is 0. The number of amides is 1. The standard InChI is InChI=1S/C17H21Cl2N3O2.ClH/c1-10-13(16(23)22(4)9-17(2,3)8-20)15(21-24-10)14-11(18)6-5-7-12(14)19;/h5-7H,8-9,20H2,1-4H3;1H. The molecule has 1 aromatic carbocycles. The van der Waals surface area contributed by atoms with E-state index in [0.29, 0.717) is 45.7 Å². The molecule has 0 atom stereocenters. The van der Waals surface area contributed by atoms with Gasteiger partial charge in [-0.1, -0.05) is 48.3 Å². The summed E-state index contributed by atoms with van der Waals surface area (Å²) >= 11 is 12.5. The predicted octanol–water partition coefficient (Wildman–Crippen LogP) is 4.44. The molecule has 2 rings (SSSR count). The van der Waals surface area contributed by atoms with Gasteiger partial charge in [0.05, 0.1) is 10.0 Å². The van der Waals surface area contributed by atoms with Crippen molar-refractivity contribution >= 4 is 41.5 Å². The van der Waals surface area contributed by atoms with Crippen molar-refractivity contribution in [2.75, 3.05) is 20.1 Å². The average molecular weight is 407 g/mol. The Kier molecular flexibility index (Phi) is 7.32. The van der Waals surface area contributed by atoms with Crippen LogP contribution in [-0.2, 0) is 0 Å². The zero-order valence-electron chi connectivity index (χ0n) is 14.6. The lowest BCUT2D eigenvalue weighted by molar-refractivity contribution is 0.0739. The molecule has 1 aromatic heterocycles. The van der Waals surface area contributed by atoms with Gasteiger partial charge in [0.2, 0.25) is 0 Å². The van der Waals surface area contributed by atoms with E-state index in [4.69, 9.17) is 33.5 Å². The fourth-order valence-corrected chi connectivity index (χ4v) is 3.06. The molecular weight excluding hydrogens is 385 g/mol. The van der Waals surface area contributed by atoms with E-state index >= 15 is 0 Å². The summed E-state index contributed by atoms with van der Waals surface area (Å²) in [5, 5.41) is 4.84. The lowest BCUT2D eigenvalue weighted by atomic mass is 9.93. The van der Waals surface area contributed by atoms with E-state index in [1.165, 1.54) is 0 Å². The summed E-state index contributed by atoms with van der Waals surface area (Å²) in [7, 11) is 1.73. The lowest BCUT2D eigenvalue weighted by Gasteiger charge is -2.29. The summed E-state index contributed by atoms with van der Waals surface area (Å²) in [4.78, 5) is 14.5. The molecule has 138 valence electrons. The van der Waals surface area contributed by atoms with Crippen molar-refractivity contribution < 1.29 is 9.32 Å². The van der Waals surface area contributed by atoms with Gasteiger partial charge < -0.3 is 15.2 Å². The second-order valence-electron chi connectivity index (χ2n) is 6.59. The molecule has 0 unspecified atom stereocenters. The number of rotatable bonds is 5. The monoisotopic (exact) mass is 405 g/mol. The Balaban J connectivity index is 0.00000312. The second-order valence-corrected chi connectivity index (χ2v) is 7.40. The van der Waals surface area contributed by atoms with Crippen molar-refractivity contribution in [3.63, 3.8) is 0 Å². The zero-order valence-corrected chi connectivity index (χ0v) is 16.9. The van der Waals surface area contributed by atoms with Crippen molar-refractivity contribution in [1.29, 1.82) is 0 Å². The molecule has 25 heavy (non-hydrogen) atoms. The first-order valence-electron chi connectivity index (χ1n) is 7.54. The average Bonchev–Trinajstić information content (AvgIpc) is 2.87. The Morgan fingerprint density at radius 2 is 1.88 bits per heavy atom. The highest BCUT2D eigenvalue weighted by molar-refractivity contribution is 6.39. The van der Waals surface area contributed by atoms with Crippen molar-refractivity contribution in [3.05, 3.63) is 39.6 Å². The molecule has 8 heteroatoms. The van der Waals surface area contributed by atoms with E-state index < -0.39 is 0 Å². The van der Waals surface area contributed by atoms with Crippen LogP contribution in [0.15, 0.2) is 22.7 Å². The third kappa shape index (κ3) is 4.67. The van der Waals surface area contributed by atoms with Crippen LogP contribution in [-0.4, -0.2) is 36.1 Å². The van der Waals surface area contributed by atoms with Crippen molar-refractivity contribution in [1.82, 2.24) is 10.1 Å². The van der Waals surface area contributed by atoms with Crippen LogP contribution in [0.4, 0.5) is 0 Å². The normalized spacial score (nSPS) is 11.2. The molecule has 2 N–H and O–H groups in total. The minimum atomic E-state index is -0.207. The topological polar surface area (TPSA) is 72.4 Å². The van der Waals surface area contributed by atoms with E-state index in [1.54, 1.807) is 37.1 Å². The molecule has 0 fully saturated rings. The molecule has 1 heterocycles. The number of halogens is 3. The fraction of sp³-hybridized carbons (Fsp3) is 0.412. The van der Waals surface area contributed by atoms with Gasteiger partial charge in [0.25, 0.3) is 5.91 Å². The molecule has 0 aliphatic rings. The molecule has 0 saturated carbocycles. The number of carbonyl (C=O) groups is 1. The zero-order chi connectivity index (χ0) is 18.1. The van der Waals surface area contributed by atoms with Gasteiger partial charge in [-0.15, -0.1) is 12.4 Å². The molecule has 0 radical (unpaired) electrons. The van der Waals surface area contributed by atoms with E-state index in [1.807, 2.05) is 13.8 Å². The fourth-order valence-electron chi connectivity index (χ4n) is 2.49. The summed E-state index contributed by atoms with van der Waals surface area (Å²) in [6, 6.07) is 5.13. The smallest absolute Gasteiger partial charge is 0.259 e. The molecule has 0 aliphatic carbocycles. The Morgan fingerprint density at radius 1 is 1.32 bits per heavy atom. The predicted molar refractivity (Wildman–Crippen MR) is 104 cm³/mol. The number of hydrogen-bond donors (Lipinski definition) is 1. The summed E-state index contributed by atoms with van der Waals surface area (Å²) in [5.74, 6) is 0.213. The largest absolute Gasteiger partial charge is 0.360 e. The Labute approximate surface area is 163 Å². The number of aromatic nitrogens is 1. The van der Waals surface area contributed by atoms with E-state index in [0.717, 1.165) is 0 Å². The highest BCUT2D eigenvalue weighted by Gasteiger charge is 2.29. The van der Waals surface area contributed by atoms with Gasteiger partial charge in [-0.2, -0.15) is 0 Å². The molecule has 1 amide bonds. The number of benzene rings is 1. The number of nitrogens with zero attached hydrogens (tertiary/aromatic N) is 2. The van der Waals surface area contributed by atoms with Gasteiger partial charge >= 0.3 is 0 Å². The minimum Gasteiger partial charge on any atom is -0.360 e. The Morgan fingerprint density at radius 3 is 2.40 bits per heavy atom. The van der Waals surface area contributed by atoms with Crippen LogP contribution < -0.4 is 5.73 Å². The van der Waals surface area contributed by atoms with Gasteiger partial charge in [0.15, 0.2) is 0 Å². The van der Waals surface area contributed by atoms with E-state index in [9.17, 15) is 4.79 Å². The van der Waals surface area contributed by atoms with Crippen LogP contribution in [0.25, 0.3) is 11.3 Å². The SMILES string of the molecule is Cc1onc(-c2c(Cl)cccc2Cl)c1C(=O)N(C)CC(C)(C)CN.Cl. The Hall–Kier alpha value is -1.27. The quantitative estimate of drug-likeness (QED) is 0.797. The number of hydrogen-bond acceptors (Lipinski definition) is 4. The van der Waals surface area contributed by atoms with Gasteiger partial charge in [-0.3, -0.25) is 4.79 Å². The molecule has 5 nitrogen and oxygen atoms in total. The first kappa shape index (κ1) is 21.8. The highest BCUT2D eigenvalue weighted by atomic mass is 35.5. The van der Waals surface area contributed by atoms with Gasteiger partial charge in [0, 0.05) is 19.2 Å². The van der Waals surface area contributed by atoms with E-state index in [2.05, 4.69) is 5.16 Å². The van der Waals surface area contributed by atoms with Crippen LogP contribution in [0.1, 0.15) is 30.0 Å². The maximum Gasteiger partial charge on any atom is 0.259 e. The van der Waals surface area contributed by atoms with Gasteiger partial charge in [-0.25, -0.2) is 0 Å². The summed E-state index contributed by atoms with van der Waals surface area (Å²) in [5.41, 5.74) is 6.77. The van der Waals surface area contributed by atoms with Crippen LogP contribution in [0, 0.1) is 12.3 Å². The molecule has 0 spiro atoms. The molecule has 0 saturated heterocycles. The summed E-state index contributed by atoms with van der Waals surface area (Å²) < 4.78 is 5.25. The number of aryl methyl sites for hydroxylation is 1. The van der Waals surface area contributed by atoms with Gasteiger partial charge in [0.1, 0.15) is 17.0 Å². The van der Waals surface area contributed by atoms with Crippen LogP contribution in [0.3, 0.4) is 0 Å². The molecule has 2 aromatic rings. The number of carbonyl (C=O) groups excluding carboxylic acids is 1. The van der Waals surface area contributed by atoms with Crippen molar-refractivity contribution in [2.24, 2.45) is 11.1 Å². The first-order valence-corrected chi connectivity index (χ1v) is 8.29. The van der Waals surface area contributed by atoms with Crippen LogP contribution in [0.2, 0.25) is 10.0 Å². The van der Waals surface area contributed by atoms with E-state index in [-0.39, 0.29) is 23.7 Å². The summed E-state index contributed by atoms with van der Waals surface area (Å²) in [6.45, 7) is 6.67. The lowest BCUT2D eigenvalue weighted by Crippen LogP contribution is -2.40. The number of nitrogens with two attached hydrogens (primary N) is 1. The van der Waals surface area contributed by atoms with Crippen LogP contribution >= 0.6 is 35.6 Å². The molecule has 0 bridgehead atoms. The maximum absolute atomic E-state index is 12.9. The third-order valence-electron chi connectivity index (χ3n) is 3.84. The highest BCUT2D eigenvalue weighted by Crippen LogP contribution is 2.37. The first-order chi connectivity index (χ1) is 11.2. The molecular formula is C17H22Cl3N3O2. The van der Waals surface area contributed by atoms with Crippen molar-refractivity contribution in [2.45, 2.75) is 20.8 Å². The molecule has 0 aliphatic heterocycles. The Bertz CT molecular complexity index is 739. The van der Waals surface area contributed by atoms with Gasteiger partial charge in [-0.05, 0) is 31.0 Å².